The molecule has 0 spiro atoms. The molecule has 4 nitrogen and oxygen atoms in total. The van der Waals surface area contributed by atoms with Crippen LogP contribution in [0.2, 0.25) is 0 Å². The smallest absolute Gasteiger partial charge is 0.308 e. The second kappa shape index (κ2) is 17.7. The van der Waals surface area contributed by atoms with E-state index in [1.54, 1.807) is 12.1 Å². The van der Waals surface area contributed by atoms with E-state index >= 15 is 13.2 Å². The summed E-state index contributed by atoms with van der Waals surface area (Å²) in [5.74, 6) is 0. The van der Waals surface area contributed by atoms with Crippen molar-refractivity contribution < 1.29 is 13.2 Å². The molecule has 0 fully saturated rings. The van der Waals surface area contributed by atoms with Crippen LogP contribution in [0.25, 0.3) is 111 Å². The van der Waals surface area contributed by atoms with Gasteiger partial charge in [0.2, 0.25) is 0 Å². The van der Waals surface area contributed by atoms with E-state index in [0.29, 0.717) is 11.4 Å². The van der Waals surface area contributed by atoms with Crippen molar-refractivity contribution in [1.82, 2.24) is 9.13 Å². The van der Waals surface area contributed by atoms with Crippen LogP contribution >= 0.6 is 0 Å². The maximum Gasteiger partial charge on any atom is 0.417 e. The fourth-order valence-electron chi connectivity index (χ4n) is 10.7. The van der Waals surface area contributed by atoms with Gasteiger partial charge < -0.3 is 9.13 Å². The summed E-state index contributed by atoms with van der Waals surface area (Å²) in [6.07, 6.45) is -4.81. The summed E-state index contributed by atoms with van der Waals surface area (Å²) >= 11 is 0. The zero-order valence-electron chi connectivity index (χ0n) is 41.0. The number of aromatic nitrogens is 2. The first-order chi connectivity index (χ1) is 35.8. The average Bonchev–Trinajstić information content (AvgIpc) is 3.93. The molecule has 74 heavy (non-hydrogen) atoms. The first kappa shape index (κ1) is 45.7. The lowest BCUT2D eigenvalue weighted by molar-refractivity contribution is -0.137. The highest BCUT2D eigenvalue weighted by Crippen LogP contribution is 2.46. The van der Waals surface area contributed by atoms with E-state index in [1.165, 1.54) is 12.1 Å². The fourth-order valence-corrected chi connectivity index (χ4v) is 10.7. The second-order valence-corrected chi connectivity index (χ2v) is 19.4. The zero-order chi connectivity index (χ0) is 51.0. The predicted octanol–water partition coefficient (Wildman–Crippen LogP) is 18.2. The SMILES string of the molecule is Cc1ccc(-c2ccc3c(c2)c2cc(-c4ccc(C)cc4)ccc2n3-c2cc(-c3c(C#N)cccc3C(F)(F)F)cc(-n3c4ccc(-c5ccc(C)cc5)cc4c4cc(-c5ccc(C)cc5)ccc43)c2C#N)cc1. The quantitative estimate of drug-likeness (QED) is 0.160. The molecule has 0 amide bonds. The van der Waals surface area contributed by atoms with E-state index in [0.717, 1.165) is 116 Å². The minimum Gasteiger partial charge on any atom is -0.308 e. The van der Waals surface area contributed by atoms with Gasteiger partial charge in [-0.3, -0.25) is 0 Å². The molecule has 2 heterocycles. The van der Waals surface area contributed by atoms with Crippen molar-refractivity contribution in [1.29, 1.82) is 10.5 Å². The Morgan fingerprint density at radius 2 is 0.662 bits per heavy atom. The summed E-state index contributed by atoms with van der Waals surface area (Å²) in [5.41, 5.74) is 15.5. The molecule has 0 saturated heterocycles. The summed E-state index contributed by atoms with van der Waals surface area (Å²) in [7, 11) is 0. The van der Waals surface area contributed by atoms with Gasteiger partial charge in [0, 0.05) is 27.1 Å². The molecule has 0 bridgehead atoms. The first-order valence-electron chi connectivity index (χ1n) is 24.5. The summed E-state index contributed by atoms with van der Waals surface area (Å²) in [5, 5.41) is 26.0. The van der Waals surface area contributed by atoms with Crippen molar-refractivity contribution in [2.24, 2.45) is 0 Å². The van der Waals surface area contributed by atoms with E-state index < -0.39 is 11.7 Å². The Labute approximate surface area is 426 Å². The fraction of sp³-hybridized carbons (Fsp3) is 0.0746. The largest absolute Gasteiger partial charge is 0.417 e. The van der Waals surface area contributed by atoms with Gasteiger partial charge >= 0.3 is 6.18 Å². The first-order valence-corrected chi connectivity index (χ1v) is 24.5. The van der Waals surface area contributed by atoms with Crippen molar-refractivity contribution in [3.05, 3.63) is 239 Å². The van der Waals surface area contributed by atoms with Crippen LogP contribution in [0.3, 0.4) is 0 Å². The topological polar surface area (TPSA) is 57.4 Å². The number of nitriles is 2. The third-order valence-electron chi connectivity index (χ3n) is 14.5. The number of halogens is 3. The van der Waals surface area contributed by atoms with Crippen molar-refractivity contribution in [3.63, 3.8) is 0 Å². The Morgan fingerprint density at radius 1 is 0.351 bits per heavy atom. The van der Waals surface area contributed by atoms with Gasteiger partial charge in [0.1, 0.15) is 11.6 Å². The number of nitrogens with zero attached hydrogens (tertiary/aromatic N) is 4. The molecule has 0 unspecified atom stereocenters. The molecule has 0 aliphatic heterocycles. The van der Waals surface area contributed by atoms with Gasteiger partial charge in [0.25, 0.3) is 0 Å². The molecule has 0 N–H and O–H groups in total. The normalized spacial score (nSPS) is 11.7. The van der Waals surface area contributed by atoms with Gasteiger partial charge in [0.15, 0.2) is 0 Å². The third-order valence-corrected chi connectivity index (χ3v) is 14.5. The molecule has 0 radical (unpaired) electrons. The van der Waals surface area contributed by atoms with Crippen molar-refractivity contribution in [2.75, 3.05) is 0 Å². The predicted molar refractivity (Wildman–Crippen MR) is 296 cm³/mol. The van der Waals surface area contributed by atoms with Crippen molar-refractivity contribution in [2.45, 2.75) is 33.9 Å². The number of rotatable bonds is 7. The Kier molecular flexibility index (Phi) is 10.9. The van der Waals surface area contributed by atoms with Crippen LogP contribution in [0.1, 0.15) is 38.9 Å². The molecule has 7 heteroatoms. The maximum absolute atomic E-state index is 15.4. The van der Waals surface area contributed by atoms with Gasteiger partial charge in [-0.2, -0.15) is 23.7 Å². The van der Waals surface area contributed by atoms with Gasteiger partial charge in [-0.05, 0) is 151 Å². The summed E-state index contributed by atoms with van der Waals surface area (Å²) < 4.78 is 50.2. The van der Waals surface area contributed by atoms with Crippen LogP contribution in [0, 0.1) is 50.4 Å². The highest BCUT2D eigenvalue weighted by Gasteiger charge is 2.36. The highest BCUT2D eigenvalue weighted by molar-refractivity contribution is 6.14. The lowest BCUT2D eigenvalue weighted by Crippen LogP contribution is -2.10. The zero-order valence-corrected chi connectivity index (χ0v) is 41.0. The molecule has 0 saturated carbocycles. The van der Waals surface area contributed by atoms with Crippen LogP contribution in [0.4, 0.5) is 13.2 Å². The lowest BCUT2D eigenvalue weighted by Gasteiger charge is -2.21. The average molecular weight is 963 g/mol. The van der Waals surface area contributed by atoms with E-state index in [2.05, 4.69) is 185 Å². The number of hydrogen-bond acceptors (Lipinski definition) is 2. The molecule has 10 aromatic carbocycles. The van der Waals surface area contributed by atoms with E-state index in [4.69, 9.17) is 0 Å². The summed E-state index contributed by atoms with van der Waals surface area (Å²) in [4.78, 5) is 0. The van der Waals surface area contributed by atoms with E-state index in [-0.39, 0.29) is 22.3 Å². The van der Waals surface area contributed by atoms with E-state index in [9.17, 15) is 10.5 Å². The monoisotopic (exact) mass is 962 g/mol. The maximum atomic E-state index is 15.4. The molecule has 0 atom stereocenters. The number of fused-ring (bicyclic) bond motifs is 6. The van der Waals surface area contributed by atoms with E-state index in [1.807, 2.05) is 33.4 Å². The Morgan fingerprint density at radius 3 is 0.946 bits per heavy atom. The third kappa shape index (κ3) is 7.78. The summed E-state index contributed by atoms with van der Waals surface area (Å²) in [6, 6.07) is 70.1. The minimum atomic E-state index is -4.81. The van der Waals surface area contributed by atoms with Gasteiger partial charge in [-0.1, -0.05) is 150 Å². The number of hydrogen-bond donors (Lipinski definition) is 0. The Bertz CT molecular complexity index is 3870. The Hall–Kier alpha value is -9.43. The van der Waals surface area contributed by atoms with Crippen LogP contribution in [-0.4, -0.2) is 9.13 Å². The van der Waals surface area contributed by atoms with Gasteiger partial charge in [-0.15, -0.1) is 0 Å². The standard InChI is InChI=1S/C67H45F3N4/c1-40-8-16-44(17-9-40)48-24-28-60-54(32-48)55-33-49(45-18-10-41(2)11-19-45)25-29-61(55)73(60)64-36-53(66-52(38-71)6-5-7-59(66)67(68,69)70)37-65(58(64)39-72)74-62-30-26-50(46-20-12-42(3)13-21-46)34-56(62)57-35-51(27-31-63(57)74)47-22-14-43(4)15-23-47/h5-37H,1-4H3. The highest BCUT2D eigenvalue weighted by atomic mass is 19.4. The molecular weight excluding hydrogens is 918 g/mol. The van der Waals surface area contributed by atoms with Gasteiger partial charge in [0.05, 0.1) is 50.6 Å². The molecule has 2 aromatic heterocycles. The van der Waals surface area contributed by atoms with Crippen LogP contribution in [0.5, 0.6) is 0 Å². The second-order valence-electron chi connectivity index (χ2n) is 19.4. The molecule has 354 valence electrons. The van der Waals surface area contributed by atoms with Crippen LogP contribution in [-0.2, 0) is 6.18 Å². The Balaban J connectivity index is 1.21. The molecule has 12 aromatic rings. The summed E-state index contributed by atoms with van der Waals surface area (Å²) in [6.45, 7) is 8.22. The number of alkyl halides is 3. The number of benzene rings is 10. The molecule has 0 aliphatic carbocycles. The number of aryl methyl sites for hydroxylation is 4. The van der Waals surface area contributed by atoms with Crippen molar-refractivity contribution in [3.8, 4) is 79.1 Å². The minimum absolute atomic E-state index is 0.137. The van der Waals surface area contributed by atoms with Crippen LogP contribution in [0.15, 0.2) is 200 Å². The molecule has 12 rings (SSSR count). The molecular formula is C67H45F3N4. The van der Waals surface area contributed by atoms with Gasteiger partial charge in [-0.25, -0.2) is 0 Å². The molecule has 0 aliphatic rings. The van der Waals surface area contributed by atoms with Crippen LogP contribution < -0.4 is 0 Å². The van der Waals surface area contributed by atoms with Crippen molar-refractivity contribution >= 4 is 43.6 Å². The lowest BCUT2D eigenvalue weighted by atomic mass is 9.92.